The van der Waals surface area contributed by atoms with Gasteiger partial charge in [-0.1, -0.05) is 66.7 Å². The zero-order chi connectivity index (χ0) is 28.7. The van der Waals surface area contributed by atoms with Crippen LogP contribution in [-0.4, -0.2) is 44.6 Å². The molecule has 0 spiro atoms. The molecule has 2 aromatic carbocycles. The van der Waals surface area contributed by atoms with Gasteiger partial charge in [0.1, 0.15) is 6.61 Å². The van der Waals surface area contributed by atoms with Gasteiger partial charge >= 0.3 is 0 Å². The standard InChI is InChI=1S/C31H42N2O7/c34-26(17-16-23-8-4-3-5-9-23)18-19-28-27(29(35)20-30(28)36)10-6-1-2-7-11-31(37)32-21-24-12-14-25(15-13-24)22-40-33(38)39/h1,3-6,8-9,12-15,26-30,34-36H,2,7,10-11,16-22H2,(H,32,37)/b6-1-/t26-,27+,28+,29-,30+/m0/s1. The summed E-state index contributed by atoms with van der Waals surface area (Å²) in [6, 6.07) is 17.1. The number of nitrogens with one attached hydrogen (secondary N) is 1. The number of hydrogen-bond donors (Lipinski definition) is 4. The number of carbonyl (C=O) groups excluding carboxylic acids is 1. The number of amides is 1. The molecule has 1 fully saturated rings. The molecule has 4 N–H and O–H groups in total. The van der Waals surface area contributed by atoms with Gasteiger partial charge in [-0.25, -0.2) is 0 Å². The van der Waals surface area contributed by atoms with E-state index in [1.807, 2.05) is 30.4 Å². The van der Waals surface area contributed by atoms with Crippen LogP contribution >= 0.6 is 0 Å². The third-order valence-corrected chi connectivity index (χ3v) is 7.66. The first-order valence-electron chi connectivity index (χ1n) is 14.2. The first-order valence-corrected chi connectivity index (χ1v) is 14.2. The fraction of sp³-hybridized carbons (Fsp3) is 0.516. The van der Waals surface area contributed by atoms with Gasteiger partial charge in [0.15, 0.2) is 0 Å². The maximum absolute atomic E-state index is 12.2. The molecule has 1 amide bonds. The minimum Gasteiger partial charge on any atom is -0.393 e. The Kier molecular flexibility index (Phi) is 13.1. The van der Waals surface area contributed by atoms with E-state index in [1.165, 1.54) is 5.56 Å². The second-order valence-corrected chi connectivity index (χ2v) is 10.6. The summed E-state index contributed by atoms with van der Waals surface area (Å²) in [4.78, 5) is 26.8. The molecule has 3 rings (SSSR count). The van der Waals surface area contributed by atoms with Crippen LogP contribution in [0.2, 0.25) is 0 Å². The third-order valence-electron chi connectivity index (χ3n) is 7.66. The molecule has 9 nitrogen and oxygen atoms in total. The molecule has 0 heterocycles. The van der Waals surface area contributed by atoms with E-state index in [4.69, 9.17) is 0 Å². The highest BCUT2D eigenvalue weighted by atomic mass is 16.9. The summed E-state index contributed by atoms with van der Waals surface area (Å²) in [5.41, 5.74) is 2.78. The Labute approximate surface area is 236 Å². The molecule has 0 radical (unpaired) electrons. The number of unbranched alkanes of at least 4 members (excludes halogenated alkanes) is 1. The van der Waals surface area contributed by atoms with Crippen molar-refractivity contribution in [3.8, 4) is 0 Å². The highest BCUT2D eigenvalue weighted by molar-refractivity contribution is 5.75. The van der Waals surface area contributed by atoms with Crippen molar-refractivity contribution in [3.63, 3.8) is 0 Å². The third kappa shape index (κ3) is 11.1. The first kappa shape index (κ1) is 31.3. The van der Waals surface area contributed by atoms with E-state index < -0.39 is 23.4 Å². The number of rotatable bonds is 17. The molecule has 9 heteroatoms. The van der Waals surface area contributed by atoms with Gasteiger partial charge in [0.25, 0.3) is 5.09 Å². The van der Waals surface area contributed by atoms with Crippen LogP contribution < -0.4 is 5.32 Å². The monoisotopic (exact) mass is 554 g/mol. The summed E-state index contributed by atoms with van der Waals surface area (Å²) in [5, 5.41) is 43.8. The van der Waals surface area contributed by atoms with Crippen molar-refractivity contribution in [3.05, 3.63) is 93.6 Å². The first-order chi connectivity index (χ1) is 19.3. The summed E-state index contributed by atoms with van der Waals surface area (Å²) in [7, 11) is 0. The Balaban J connectivity index is 1.30. The Morgan fingerprint density at radius 3 is 2.42 bits per heavy atom. The average Bonchev–Trinajstić information content (AvgIpc) is 3.22. The van der Waals surface area contributed by atoms with Crippen molar-refractivity contribution in [2.75, 3.05) is 0 Å². The lowest BCUT2D eigenvalue weighted by Crippen LogP contribution is -2.23. The Bertz CT molecular complexity index is 1060. The van der Waals surface area contributed by atoms with E-state index in [-0.39, 0.29) is 24.3 Å². The molecule has 5 atom stereocenters. The van der Waals surface area contributed by atoms with Gasteiger partial charge in [-0.05, 0) is 79.9 Å². The predicted molar refractivity (Wildman–Crippen MR) is 151 cm³/mol. The van der Waals surface area contributed by atoms with Crippen molar-refractivity contribution in [2.45, 2.75) is 89.3 Å². The van der Waals surface area contributed by atoms with E-state index in [1.54, 1.807) is 24.3 Å². The largest absolute Gasteiger partial charge is 0.393 e. The SMILES string of the molecule is O=C(CCC/C=C\C[C@@H]1[C@@H](CC[C@@H](O)CCc2ccccc2)[C@H](O)C[C@@H]1O)NCc1ccc(CO[N+](=O)[O-])cc1. The van der Waals surface area contributed by atoms with Crippen LogP contribution in [0.1, 0.15) is 68.1 Å². The second-order valence-electron chi connectivity index (χ2n) is 10.6. The van der Waals surface area contributed by atoms with E-state index in [0.29, 0.717) is 57.1 Å². The number of benzene rings is 2. The highest BCUT2D eigenvalue weighted by Crippen LogP contribution is 2.38. The molecule has 40 heavy (non-hydrogen) atoms. The van der Waals surface area contributed by atoms with Crippen molar-refractivity contribution in [1.82, 2.24) is 5.32 Å². The second kappa shape index (κ2) is 16.7. The molecule has 0 bridgehead atoms. The predicted octanol–water partition coefficient (Wildman–Crippen LogP) is 4.26. The number of nitrogens with zero attached hydrogens (tertiary/aromatic N) is 1. The van der Waals surface area contributed by atoms with Gasteiger partial charge in [0.2, 0.25) is 5.91 Å². The average molecular weight is 555 g/mol. The number of allylic oxidation sites excluding steroid dienone is 2. The van der Waals surface area contributed by atoms with Crippen LogP contribution in [0.3, 0.4) is 0 Å². The van der Waals surface area contributed by atoms with Crippen molar-refractivity contribution >= 4 is 5.91 Å². The van der Waals surface area contributed by atoms with Crippen LogP contribution in [0.4, 0.5) is 0 Å². The lowest BCUT2D eigenvalue weighted by atomic mass is 9.85. The van der Waals surface area contributed by atoms with Crippen LogP contribution in [0.15, 0.2) is 66.7 Å². The van der Waals surface area contributed by atoms with E-state index in [2.05, 4.69) is 22.3 Å². The normalized spacial score (nSPS) is 21.4. The minimum atomic E-state index is -0.829. The number of carbonyl (C=O) groups is 1. The van der Waals surface area contributed by atoms with Gasteiger partial charge < -0.3 is 25.5 Å². The number of aryl methyl sites for hydroxylation is 1. The lowest BCUT2D eigenvalue weighted by Gasteiger charge is -2.23. The van der Waals surface area contributed by atoms with E-state index >= 15 is 0 Å². The van der Waals surface area contributed by atoms with Crippen LogP contribution in [0.5, 0.6) is 0 Å². The fourth-order valence-electron chi connectivity index (χ4n) is 5.33. The van der Waals surface area contributed by atoms with E-state index in [0.717, 1.165) is 18.4 Å². The van der Waals surface area contributed by atoms with Gasteiger partial charge in [0, 0.05) is 13.0 Å². The molecule has 0 unspecified atom stereocenters. The molecule has 0 saturated heterocycles. The zero-order valence-corrected chi connectivity index (χ0v) is 22.9. The fourth-order valence-corrected chi connectivity index (χ4v) is 5.33. The summed E-state index contributed by atoms with van der Waals surface area (Å²) >= 11 is 0. The van der Waals surface area contributed by atoms with Crippen LogP contribution in [-0.2, 0) is 29.2 Å². The number of aliphatic hydroxyl groups is 3. The molecule has 218 valence electrons. The van der Waals surface area contributed by atoms with Gasteiger partial charge in [-0.15, -0.1) is 10.1 Å². The maximum Gasteiger partial charge on any atom is 0.294 e. The van der Waals surface area contributed by atoms with Crippen molar-refractivity contribution in [1.29, 1.82) is 0 Å². The topological polar surface area (TPSA) is 142 Å². The summed E-state index contributed by atoms with van der Waals surface area (Å²) in [5.74, 6) is -0.116. The molecule has 0 aliphatic heterocycles. The van der Waals surface area contributed by atoms with E-state index in [9.17, 15) is 30.2 Å². The maximum atomic E-state index is 12.2. The number of aliphatic hydroxyl groups excluding tert-OH is 3. The Morgan fingerprint density at radius 1 is 1.00 bits per heavy atom. The smallest absolute Gasteiger partial charge is 0.294 e. The molecule has 2 aromatic rings. The highest BCUT2D eigenvalue weighted by Gasteiger charge is 2.40. The molecule has 0 aromatic heterocycles. The van der Waals surface area contributed by atoms with Crippen molar-refractivity contribution < 1.29 is 30.0 Å². The van der Waals surface area contributed by atoms with Crippen LogP contribution in [0, 0.1) is 22.0 Å². The van der Waals surface area contributed by atoms with Crippen LogP contribution in [0.25, 0.3) is 0 Å². The quantitative estimate of drug-likeness (QED) is 0.0991. The Morgan fingerprint density at radius 2 is 1.70 bits per heavy atom. The van der Waals surface area contributed by atoms with Gasteiger partial charge in [-0.2, -0.15) is 0 Å². The summed E-state index contributed by atoms with van der Waals surface area (Å²) < 4.78 is 0. The molecular formula is C31H42N2O7. The summed E-state index contributed by atoms with van der Waals surface area (Å²) in [6.07, 6.45) is 8.20. The van der Waals surface area contributed by atoms with Crippen molar-refractivity contribution in [2.24, 2.45) is 11.8 Å². The molecule has 1 saturated carbocycles. The Hall–Kier alpha value is -3.27. The summed E-state index contributed by atoms with van der Waals surface area (Å²) in [6.45, 7) is 0.279. The minimum absolute atomic E-state index is 0.0339. The number of hydrogen-bond acceptors (Lipinski definition) is 7. The van der Waals surface area contributed by atoms with Gasteiger partial charge in [0.05, 0.1) is 18.3 Å². The molecule has 1 aliphatic carbocycles. The molecule has 1 aliphatic rings. The zero-order valence-electron chi connectivity index (χ0n) is 22.9. The lowest BCUT2D eigenvalue weighted by molar-refractivity contribution is -0.763. The molecular weight excluding hydrogens is 512 g/mol. The van der Waals surface area contributed by atoms with Gasteiger partial charge in [-0.3, -0.25) is 4.79 Å².